The Hall–Kier alpha value is -2.44. The van der Waals surface area contributed by atoms with Crippen LogP contribution in [-0.2, 0) is 9.59 Å². The van der Waals surface area contributed by atoms with Crippen molar-refractivity contribution < 1.29 is 14.7 Å². The molecule has 1 aliphatic heterocycles. The Labute approximate surface area is 147 Å². The van der Waals surface area contributed by atoms with E-state index in [1.165, 1.54) is 0 Å². The minimum Gasteiger partial charge on any atom is -0.550 e. The molecular formula is C18H23N4O3-. The number of rotatable bonds is 3. The van der Waals surface area contributed by atoms with Crippen LogP contribution in [0, 0.1) is 11.8 Å². The van der Waals surface area contributed by atoms with Crippen molar-refractivity contribution in [3.63, 3.8) is 0 Å². The maximum absolute atomic E-state index is 12.9. The van der Waals surface area contributed by atoms with Crippen molar-refractivity contribution in [3.05, 3.63) is 29.6 Å². The van der Waals surface area contributed by atoms with Crippen molar-refractivity contribution in [2.75, 3.05) is 31.1 Å². The topological polar surface area (TPSA) is 89.5 Å². The summed E-state index contributed by atoms with van der Waals surface area (Å²) >= 11 is 0. The first-order valence-corrected chi connectivity index (χ1v) is 8.64. The molecular weight excluding hydrogens is 320 g/mol. The summed E-state index contributed by atoms with van der Waals surface area (Å²) in [6.07, 6.45) is 4.31. The maximum Gasteiger partial charge on any atom is 0.226 e. The van der Waals surface area contributed by atoms with Gasteiger partial charge in [-0.1, -0.05) is 11.1 Å². The molecule has 2 aliphatic rings. The monoisotopic (exact) mass is 343 g/mol. The van der Waals surface area contributed by atoms with E-state index < -0.39 is 17.8 Å². The summed E-state index contributed by atoms with van der Waals surface area (Å²) in [4.78, 5) is 36.7. The predicted octanol–water partition coefficient (Wildman–Crippen LogP) is 0.238. The molecule has 25 heavy (non-hydrogen) atoms. The van der Waals surface area contributed by atoms with E-state index in [0.29, 0.717) is 45.0 Å². The van der Waals surface area contributed by atoms with Crippen LogP contribution < -0.4 is 10.0 Å². The van der Waals surface area contributed by atoms with E-state index in [2.05, 4.69) is 9.97 Å². The van der Waals surface area contributed by atoms with Gasteiger partial charge in [0.25, 0.3) is 0 Å². The van der Waals surface area contributed by atoms with Crippen molar-refractivity contribution in [1.82, 2.24) is 14.9 Å². The lowest BCUT2D eigenvalue weighted by Gasteiger charge is -2.40. The minimum atomic E-state index is -1.12. The van der Waals surface area contributed by atoms with Crippen LogP contribution in [0.1, 0.15) is 26.7 Å². The Bertz CT molecular complexity index is 681. The van der Waals surface area contributed by atoms with Gasteiger partial charge in [0.05, 0.1) is 5.92 Å². The number of carboxylic acid groups (broad SMARTS) is 1. The van der Waals surface area contributed by atoms with Crippen molar-refractivity contribution in [2.45, 2.75) is 26.7 Å². The average molecular weight is 343 g/mol. The molecule has 7 nitrogen and oxygen atoms in total. The summed E-state index contributed by atoms with van der Waals surface area (Å²) in [5.41, 5.74) is 2.18. The molecule has 0 spiro atoms. The van der Waals surface area contributed by atoms with E-state index >= 15 is 0 Å². The number of aliphatic carboxylic acids is 1. The van der Waals surface area contributed by atoms with Gasteiger partial charge < -0.3 is 19.7 Å². The number of nitrogens with zero attached hydrogens (tertiary/aromatic N) is 4. The lowest BCUT2D eigenvalue weighted by atomic mass is 9.76. The molecule has 1 aliphatic carbocycles. The number of carbonyl (C=O) groups is 2. The molecule has 0 aromatic carbocycles. The van der Waals surface area contributed by atoms with Crippen molar-refractivity contribution >= 4 is 17.8 Å². The summed E-state index contributed by atoms with van der Waals surface area (Å²) in [5, 5.41) is 11.5. The molecule has 1 aromatic rings. The zero-order valence-electron chi connectivity index (χ0n) is 14.6. The molecule has 3 rings (SSSR count). The second-order valence-electron chi connectivity index (χ2n) is 6.86. The van der Waals surface area contributed by atoms with Gasteiger partial charge in [-0.05, 0) is 32.8 Å². The highest BCUT2D eigenvalue weighted by atomic mass is 16.4. The summed E-state index contributed by atoms with van der Waals surface area (Å²) in [6, 6.07) is 1.77. The summed E-state index contributed by atoms with van der Waals surface area (Å²) in [6.45, 7) is 6.30. The fourth-order valence-corrected chi connectivity index (χ4v) is 3.62. The summed E-state index contributed by atoms with van der Waals surface area (Å²) < 4.78 is 0. The Kier molecular flexibility index (Phi) is 5.01. The molecule has 1 saturated heterocycles. The third-order valence-electron chi connectivity index (χ3n) is 5.31. The highest BCUT2D eigenvalue weighted by Crippen LogP contribution is 2.35. The van der Waals surface area contributed by atoms with Crippen LogP contribution in [-0.4, -0.2) is 52.9 Å². The SMILES string of the molecule is CC1=C(C)C[C@@H](C(=O)[O-])[C@@H](C(=O)N2CCN(c3ncccn3)CC2)C1. The van der Waals surface area contributed by atoms with Crippen LogP contribution in [0.2, 0.25) is 0 Å². The van der Waals surface area contributed by atoms with Crippen LogP contribution in [0.3, 0.4) is 0 Å². The first-order valence-electron chi connectivity index (χ1n) is 8.64. The highest BCUT2D eigenvalue weighted by molar-refractivity contribution is 5.85. The number of aromatic nitrogens is 2. The van der Waals surface area contributed by atoms with Gasteiger partial charge in [0.1, 0.15) is 0 Å². The summed E-state index contributed by atoms with van der Waals surface area (Å²) in [5.74, 6) is -1.79. The quantitative estimate of drug-likeness (QED) is 0.730. The number of carboxylic acids is 1. The number of amides is 1. The predicted molar refractivity (Wildman–Crippen MR) is 90.4 cm³/mol. The van der Waals surface area contributed by atoms with Crippen LogP contribution in [0.15, 0.2) is 29.6 Å². The van der Waals surface area contributed by atoms with Gasteiger partial charge in [0.15, 0.2) is 0 Å². The number of hydrogen-bond donors (Lipinski definition) is 0. The second-order valence-corrected chi connectivity index (χ2v) is 6.86. The van der Waals surface area contributed by atoms with Crippen LogP contribution in [0.4, 0.5) is 5.95 Å². The molecule has 134 valence electrons. The Morgan fingerprint density at radius 2 is 1.56 bits per heavy atom. The smallest absolute Gasteiger partial charge is 0.226 e. The average Bonchev–Trinajstić information content (AvgIpc) is 2.63. The van der Waals surface area contributed by atoms with Gasteiger partial charge in [-0.3, -0.25) is 4.79 Å². The lowest BCUT2D eigenvalue weighted by molar-refractivity contribution is -0.313. The zero-order chi connectivity index (χ0) is 18.0. The molecule has 2 atom stereocenters. The fourth-order valence-electron chi connectivity index (χ4n) is 3.62. The van der Waals surface area contributed by atoms with Gasteiger partial charge >= 0.3 is 0 Å². The first kappa shape index (κ1) is 17.4. The third kappa shape index (κ3) is 3.65. The molecule has 0 N–H and O–H groups in total. The standard InChI is InChI=1S/C18H24N4O3/c1-12-10-14(15(17(24)25)11-13(12)2)16(23)21-6-8-22(9-7-21)18-19-4-3-5-20-18/h3-5,14-15H,6-11H2,1-2H3,(H,24,25)/p-1/t14-,15+/m0/s1. The van der Waals surface area contributed by atoms with E-state index in [9.17, 15) is 14.7 Å². The Morgan fingerprint density at radius 3 is 2.12 bits per heavy atom. The largest absolute Gasteiger partial charge is 0.550 e. The normalized spacial score (nSPS) is 24.4. The Morgan fingerprint density at radius 1 is 1.00 bits per heavy atom. The molecule has 7 heteroatoms. The minimum absolute atomic E-state index is 0.0744. The molecule has 0 saturated carbocycles. The van der Waals surface area contributed by atoms with Crippen LogP contribution >= 0.6 is 0 Å². The van der Waals surface area contributed by atoms with Crippen LogP contribution in [0.25, 0.3) is 0 Å². The number of hydrogen-bond acceptors (Lipinski definition) is 6. The number of carbonyl (C=O) groups excluding carboxylic acids is 2. The summed E-state index contributed by atoms with van der Waals surface area (Å²) in [7, 11) is 0. The molecule has 0 unspecified atom stereocenters. The fraction of sp³-hybridized carbons (Fsp3) is 0.556. The molecule has 1 aromatic heterocycles. The van der Waals surface area contributed by atoms with Crippen molar-refractivity contribution in [2.24, 2.45) is 11.8 Å². The van der Waals surface area contributed by atoms with Crippen LogP contribution in [0.5, 0.6) is 0 Å². The number of piperazine rings is 1. The van der Waals surface area contributed by atoms with Crippen molar-refractivity contribution in [1.29, 1.82) is 0 Å². The van der Waals surface area contributed by atoms with E-state index in [-0.39, 0.29) is 5.91 Å². The van der Waals surface area contributed by atoms with Gasteiger partial charge in [-0.15, -0.1) is 0 Å². The number of allylic oxidation sites excluding steroid dienone is 2. The molecule has 1 fully saturated rings. The molecule has 1 amide bonds. The zero-order valence-corrected chi connectivity index (χ0v) is 14.6. The van der Waals surface area contributed by atoms with Gasteiger partial charge in [-0.25, -0.2) is 9.97 Å². The highest BCUT2D eigenvalue weighted by Gasteiger charge is 2.36. The molecule has 0 bridgehead atoms. The number of anilines is 1. The second kappa shape index (κ2) is 7.21. The van der Waals surface area contributed by atoms with E-state index in [1.807, 2.05) is 18.7 Å². The molecule has 2 heterocycles. The van der Waals surface area contributed by atoms with Gasteiger partial charge in [0, 0.05) is 50.5 Å². The van der Waals surface area contributed by atoms with E-state index in [4.69, 9.17) is 0 Å². The van der Waals surface area contributed by atoms with Gasteiger partial charge in [-0.2, -0.15) is 0 Å². The van der Waals surface area contributed by atoms with E-state index in [1.54, 1.807) is 23.4 Å². The maximum atomic E-state index is 12.9. The van der Waals surface area contributed by atoms with E-state index in [0.717, 1.165) is 11.1 Å². The molecule has 0 radical (unpaired) electrons. The van der Waals surface area contributed by atoms with Crippen molar-refractivity contribution in [3.8, 4) is 0 Å². The Balaban J connectivity index is 1.66. The van der Waals surface area contributed by atoms with Gasteiger partial charge in [0.2, 0.25) is 11.9 Å². The first-order chi connectivity index (χ1) is 12.0. The third-order valence-corrected chi connectivity index (χ3v) is 5.31. The lowest BCUT2D eigenvalue weighted by Crippen LogP contribution is -2.53.